The third-order valence-corrected chi connectivity index (χ3v) is 4.47. The average molecular weight is 270 g/mol. The van der Waals surface area contributed by atoms with Crippen molar-refractivity contribution in [1.82, 2.24) is 19.6 Å². The number of nitrogens with one attached hydrogen (secondary N) is 1. The third kappa shape index (κ3) is 2.08. The lowest BCUT2D eigenvalue weighted by Gasteiger charge is -2.30. The number of carbonyl (C=O) groups excluding carboxylic acids is 1. The van der Waals surface area contributed by atoms with E-state index in [9.17, 15) is 4.79 Å². The Morgan fingerprint density at radius 2 is 2.30 bits per heavy atom. The predicted octanol–water partition coefficient (Wildman–Crippen LogP) is 1.16. The molecule has 0 saturated carbocycles. The van der Waals surface area contributed by atoms with Crippen LogP contribution >= 0.6 is 0 Å². The predicted molar refractivity (Wildman–Crippen MR) is 75.6 cm³/mol. The zero-order valence-electron chi connectivity index (χ0n) is 11.3. The molecule has 104 valence electrons. The van der Waals surface area contributed by atoms with E-state index in [1.807, 2.05) is 22.7 Å². The second kappa shape index (κ2) is 4.59. The summed E-state index contributed by atoms with van der Waals surface area (Å²) < 4.78 is 1.88. The molecule has 0 aromatic carbocycles. The summed E-state index contributed by atoms with van der Waals surface area (Å²) in [6.07, 6.45) is 7.75. The van der Waals surface area contributed by atoms with Crippen molar-refractivity contribution < 1.29 is 4.79 Å². The molecule has 20 heavy (non-hydrogen) atoms. The summed E-state index contributed by atoms with van der Waals surface area (Å²) in [5.41, 5.74) is 1.70. The molecule has 0 spiro atoms. The highest BCUT2D eigenvalue weighted by Gasteiger charge is 2.32. The van der Waals surface area contributed by atoms with Crippen LogP contribution in [0.4, 0.5) is 0 Å². The summed E-state index contributed by atoms with van der Waals surface area (Å²) in [6, 6.07) is 4.09. The number of imidazole rings is 1. The van der Waals surface area contributed by atoms with Crippen molar-refractivity contribution >= 4 is 11.4 Å². The van der Waals surface area contributed by atoms with Crippen LogP contribution < -0.4 is 5.32 Å². The second-order valence-corrected chi connectivity index (χ2v) is 5.96. The Labute approximate surface area is 117 Å². The van der Waals surface area contributed by atoms with Crippen molar-refractivity contribution in [2.24, 2.45) is 5.92 Å². The fourth-order valence-electron chi connectivity index (χ4n) is 3.49. The van der Waals surface area contributed by atoms with Crippen molar-refractivity contribution in [2.45, 2.75) is 18.9 Å². The number of pyridine rings is 1. The van der Waals surface area contributed by atoms with Gasteiger partial charge in [0.05, 0.1) is 23.6 Å². The topological polar surface area (TPSA) is 49.6 Å². The van der Waals surface area contributed by atoms with E-state index in [0.29, 0.717) is 11.6 Å². The number of fused-ring (bicyclic) bond motifs is 3. The van der Waals surface area contributed by atoms with Crippen molar-refractivity contribution in [3.05, 3.63) is 36.4 Å². The first kappa shape index (κ1) is 11.9. The van der Waals surface area contributed by atoms with Gasteiger partial charge in [0.1, 0.15) is 0 Å². The monoisotopic (exact) mass is 270 g/mol. The van der Waals surface area contributed by atoms with E-state index in [1.54, 1.807) is 12.5 Å². The molecule has 1 N–H and O–H groups in total. The zero-order chi connectivity index (χ0) is 13.5. The van der Waals surface area contributed by atoms with Crippen molar-refractivity contribution in [2.75, 3.05) is 19.6 Å². The van der Waals surface area contributed by atoms with Gasteiger partial charge >= 0.3 is 0 Å². The Morgan fingerprint density at radius 1 is 1.35 bits per heavy atom. The summed E-state index contributed by atoms with van der Waals surface area (Å²) in [5, 5.41) is 3.18. The van der Waals surface area contributed by atoms with E-state index < -0.39 is 0 Å². The first-order chi connectivity index (χ1) is 9.78. The highest BCUT2D eigenvalue weighted by atomic mass is 16.1. The van der Waals surface area contributed by atoms with E-state index in [-0.39, 0.29) is 5.91 Å². The Balaban J connectivity index is 1.49. The maximum Gasteiger partial charge on any atom is 0.253 e. The van der Waals surface area contributed by atoms with Gasteiger partial charge in [-0.1, -0.05) is 0 Å². The SMILES string of the molecule is O=C(NC1CC2CCN(C2)C1)c1ccc2cncn2c1. The molecule has 2 aromatic rings. The van der Waals surface area contributed by atoms with Gasteiger partial charge in [-0.15, -0.1) is 0 Å². The summed E-state index contributed by atoms with van der Waals surface area (Å²) >= 11 is 0. The molecule has 2 aliphatic heterocycles. The van der Waals surface area contributed by atoms with Crippen molar-refractivity contribution in [1.29, 1.82) is 0 Å². The van der Waals surface area contributed by atoms with Crippen LogP contribution in [0.1, 0.15) is 23.2 Å². The molecule has 2 aliphatic rings. The highest BCUT2D eigenvalue weighted by molar-refractivity contribution is 5.94. The number of carbonyl (C=O) groups is 1. The molecule has 4 rings (SSSR count). The average Bonchev–Trinajstić information content (AvgIpc) is 3.04. The lowest BCUT2D eigenvalue weighted by Crippen LogP contribution is -2.47. The molecule has 2 aromatic heterocycles. The lowest BCUT2D eigenvalue weighted by atomic mass is 9.96. The van der Waals surface area contributed by atoms with Crippen LogP contribution in [0, 0.1) is 5.92 Å². The van der Waals surface area contributed by atoms with Gasteiger partial charge in [-0.3, -0.25) is 4.79 Å². The van der Waals surface area contributed by atoms with Gasteiger partial charge in [-0.05, 0) is 37.4 Å². The Kier molecular flexibility index (Phi) is 2.73. The fourth-order valence-corrected chi connectivity index (χ4v) is 3.49. The number of hydrogen-bond donors (Lipinski definition) is 1. The Hall–Kier alpha value is -1.88. The molecule has 5 nitrogen and oxygen atoms in total. The number of piperidine rings is 1. The summed E-state index contributed by atoms with van der Waals surface area (Å²) in [4.78, 5) is 18.9. The lowest BCUT2D eigenvalue weighted by molar-refractivity contribution is 0.0909. The molecule has 5 heteroatoms. The van der Waals surface area contributed by atoms with Crippen LogP contribution in [0.15, 0.2) is 30.9 Å². The van der Waals surface area contributed by atoms with E-state index in [1.165, 1.54) is 19.5 Å². The number of nitrogens with zero attached hydrogens (tertiary/aromatic N) is 3. The van der Waals surface area contributed by atoms with E-state index >= 15 is 0 Å². The first-order valence-corrected chi connectivity index (χ1v) is 7.23. The minimum absolute atomic E-state index is 0.0214. The molecule has 2 bridgehead atoms. The number of aromatic nitrogens is 2. The quantitative estimate of drug-likeness (QED) is 0.891. The second-order valence-electron chi connectivity index (χ2n) is 5.96. The van der Waals surface area contributed by atoms with Crippen LogP contribution in [0.25, 0.3) is 5.52 Å². The standard InChI is InChI=1S/C15H18N4O/c20-15(12-1-2-14-6-16-10-19(14)8-12)17-13-5-11-3-4-18(7-11)9-13/h1-2,6,8,10-11,13H,3-5,7,9H2,(H,17,20). The third-order valence-electron chi connectivity index (χ3n) is 4.47. The smallest absolute Gasteiger partial charge is 0.253 e. The summed E-state index contributed by atoms with van der Waals surface area (Å²) in [7, 11) is 0. The van der Waals surface area contributed by atoms with E-state index in [0.717, 1.165) is 24.4 Å². The zero-order valence-corrected chi connectivity index (χ0v) is 11.3. The molecule has 3 atom stereocenters. The number of hydrogen-bond acceptors (Lipinski definition) is 3. The molecular formula is C15H18N4O. The maximum absolute atomic E-state index is 12.3. The maximum atomic E-state index is 12.3. The van der Waals surface area contributed by atoms with Gasteiger partial charge in [-0.25, -0.2) is 4.98 Å². The number of amides is 1. The molecule has 0 aliphatic carbocycles. The van der Waals surface area contributed by atoms with Crippen LogP contribution in [0.3, 0.4) is 0 Å². The van der Waals surface area contributed by atoms with Crippen molar-refractivity contribution in [3.8, 4) is 0 Å². The minimum atomic E-state index is 0.0214. The number of rotatable bonds is 2. The van der Waals surface area contributed by atoms with Gasteiger partial charge in [-0.2, -0.15) is 0 Å². The van der Waals surface area contributed by atoms with Crippen LogP contribution in [0.5, 0.6) is 0 Å². The summed E-state index contributed by atoms with van der Waals surface area (Å²) in [5.74, 6) is 0.790. The van der Waals surface area contributed by atoms with E-state index in [4.69, 9.17) is 0 Å². The molecule has 0 radical (unpaired) electrons. The van der Waals surface area contributed by atoms with Crippen LogP contribution in [0.2, 0.25) is 0 Å². The molecule has 1 amide bonds. The normalized spacial score (nSPS) is 28.7. The van der Waals surface area contributed by atoms with Gasteiger partial charge in [0.15, 0.2) is 0 Å². The molecule has 2 fully saturated rings. The summed E-state index contributed by atoms with van der Waals surface area (Å²) in [6.45, 7) is 3.40. The minimum Gasteiger partial charge on any atom is -0.348 e. The fraction of sp³-hybridized carbons (Fsp3) is 0.467. The van der Waals surface area contributed by atoms with Crippen molar-refractivity contribution in [3.63, 3.8) is 0 Å². The molecule has 3 unspecified atom stereocenters. The van der Waals surface area contributed by atoms with Gasteiger partial charge in [0, 0.05) is 25.3 Å². The molecule has 2 saturated heterocycles. The van der Waals surface area contributed by atoms with E-state index in [2.05, 4.69) is 15.2 Å². The Bertz CT molecular complexity index is 638. The molecule has 4 heterocycles. The Morgan fingerprint density at radius 3 is 3.20 bits per heavy atom. The largest absolute Gasteiger partial charge is 0.348 e. The first-order valence-electron chi connectivity index (χ1n) is 7.23. The van der Waals surface area contributed by atoms with Crippen LogP contribution in [-0.2, 0) is 0 Å². The van der Waals surface area contributed by atoms with Gasteiger partial charge in [0.2, 0.25) is 0 Å². The molecular weight excluding hydrogens is 252 g/mol. The highest BCUT2D eigenvalue weighted by Crippen LogP contribution is 2.26. The van der Waals surface area contributed by atoms with Gasteiger partial charge < -0.3 is 14.6 Å². The van der Waals surface area contributed by atoms with Gasteiger partial charge in [0.25, 0.3) is 5.91 Å². The van der Waals surface area contributed by atoms with Crippen LogP contribution in [-0.4, -0.2) is 45.9 Å².